The summed E-state index contributed by atoms with van der Waals surface area (Å²) in [7, 11) is 0. The molecule has 0 atom stereocenters. The van der Waals surface area contributed by atoms with Crippen LogP contribution in [0.1, 0.15) is 23.7 Å². The Bertz CT molecular complexity index is 1090. The number of nitro groups is 1. The van der Waals surface area contributed by atoms with E-state index in [1.807, 2.05) is 32.0 Å². The second kappa shape index (κ2) is 8.61. The molecule has 1 heterocycles. The first-order valence-electron chi connectivity index (χ1n) is 8.73. The minimum atomic E-state index is -0.479. The summed E-state index contributed by atoms with van der Waals surface area (Å²) in [5.41, 5.74) is 6.38. The second-order valence-corrected chi connectivity index (χ2v) is 7.16. The molecule has 0 fully saturated rings. The Labute approximate surface area is 171 Å². The van der Waals surface area contributed by atoms with Gasteiger partial charge >= 0.3 is 0 Å². The Morgan fingerprint density at radius 2 is 2.00 bits per heavy atom. The third-order valence-corrected chi connectivity index (χ3v) is 5.09. The molecule has 9 heteroatoms. The van der Waals surface area contributed by atoms with Crippen molar-refractivity contribution in [2.75, 3.05) is 10.3 Å². The smallest absolute Gasteiger partial charge is 0.274 e. The van der Waals surface area contributed by atoms with Crippen molar-refractivity contribution in [1.29, 1.82) is 0 Å². The first-order chi connectivity index (χ1) is 13.9. The van der Waals surface area contributed by atoms with Crippen LogP contribution >= 0.6 is 11.3 Å². The van der Waals surface area contributed by atoms with Crippen LogP contribution in [-0.2, 0) is 4.79 Å². The molecule has 0 saturated carbocycles. The number of hydrogen-bond acceptors (Lipinski definition) is 7. The van der Waals surface area contributed by atoms with E-state index in [9.17, 15) is 14.9 Å². The van der Waals surface area contributed by atoms with E-state index in [1.54, 1.807) is 28.5 Å². The molecule has 148 valence electrons. The van der Waals surface area contributed by atoms with E-state index in [2.05, 4.69) is 15.5 Å². The van der Waals surface area contributed by atoms with Crippen molar-refractivity contribution >= 4 is 45.7 Å². The molecule has 0 saturated heterocycles. The van der Waals surface area contributed by atoms with Gasteiger partial charge < -0.3 is 0 Å². The van der Waals surface area contributed by atoms with Gasteiger partial charge in [-0.05, 0) is 43.2 Å². The van der Waals surface area contributed by atoms with Crippen molar-refractivity contribution in [3.63, 3.8) is 0 Å². The maximum atomic E-state index is 12.2. The van der Waals surface area contributed by atoms with Gasteiger partial charge in [-0.1, -0.05) is 18.2 Å². The first-order valence-corrected chi connectivity index (χ1v) is 9.60. The standard InChI is InChI=1S/C20H19N5O3S/c1-13-8-9-17(10-14(13)2)24(15(3)26)20-22-16(12-29-20)11-21-23-18-6-4-5-7-19(18)25(27)28/h4-12,23H,1-3H3/b21-11-. The Kier molecular flexibility index (Phi) is 5.99. The number of nitrogens with zero attached hydrogens (tertiary/aromatic N) is 4. The Hall–Kier alpha value is -3.59. The van der Waals surface area contributed by atoms with Crippen LogP contribution in [0.15, 0.2) is 52.9 Å². The maximum absolute atomic E-state index is 12.2. The van der Waals surface area contributed by atoms with E-state index < -0.39 is 4.92 Å². The highest BCUT2D eigenvalue weighted by Crippen LogP contribution is 2.30. The lowest BCUT2D eigenvalue weighted by Gasteiger charge is -2.19. The Morgan fingerprint density at radius 1 is 1.24 bits per heavy atom. The minimum absolute atomic E-state index is 0.0684. The van der Waals surface area contributed by atoms with Gasteiger partial charge in [0.25, 0.3) is 5.69 Å². The second-order valence-electron chi connectivity index (χ2n) is 6.32. The topological polar surface area (TPSA) is 101 Å². The highest BCUT2D eigenvalue weighted by atomic mass is 32.1. The summed E-state index contributed by atoms with van der Waals surface area (Å²) in [6.45, 7) is 5.49. The minimum Gasteiger partial charge on any atom is -0.274 e. The van der Waals surface area contributed by atoms with Crippen LogP contribution in [0.4, 0.5) is 22.2 Å². The lowest BCUT2D eigenvalue weighted by molar-refractivity contribution is -0.384. The van der Waals surface area contributed by atoms with Crippen molar-refractivity contribution in [2.45, 2.75) is 20.8 Å². The van der Waals surface area contributed by atoms with Gasteiger partial charge in [-0.15, -0.1) is 11.3 Å². The normalized spacial score (nSPS) is 10.9. The van der Waals surface area contributed by atoms with E-state index in [-0.39, 0.29) is 17.3 Å². The zero-order valence-electron chi connectivity index (χ0n) is 16.1. The number of anilines is 3. The molecule has 3 rings (SSSR count). The third-order valence-electron chi connectivity index (χ3n) is 4.25. The summed E-state index contributed by atoms with van der Waals surface area (Å²) in [4.78, 5) is 28.8. The van der Waals surface area contributed by atoms with Crippen LogP contribution in [0, 0.1) is 24.0 Å². The number of para-hydroxylation sites is 2. The lowest BCUT2D eigenvalue weighted by Crippen LogP contribution is -2.22. The average molecular weight is 409 g/mol. The largest absolute Gasteiger partial charge is 0.294 e. The number of nitrogens with one attached hydrogen (secondary N) is 1. The number of hydrogen-bond donors (Lipinski definition) is 1. The predicted octanol–water partition coefficient (Wildman–Crippen LogP) is 4.80. The van der Waals surface area contributed by atoms with Crippen molar-refractivity contribution in [3.8, 4) is 0 Å². The third kappa shape index (κ3) is 4.64. The molecule has 0 aliphatic carbocycles. The summed E-state index contributed by atoms with van der Waals surface area (Å²) < 4.78 is 0. The number of hydrazone groups is 1. The molecule has 2 aromatic carbocycles. The van der Waals surface area contributed by atoms with Crippen LogP contribution < -0.4 is 10.3 Å². The molecule has 1 aromatic heterocycles. The van der Waals surface area contributed by atoms with Crippen LogP contribution in [0.3, 0.4) is 0 Å². The molecule has 1 N–H and O–H groups in total. The Balaban J connectivity index is 1.80. The number of carbonyl (C=O) groups excluding carboxylic acids is 1. The number of benzene rings is 2. The molecule has 0 aliphatic rings. The van der Waals surface area contributed by atoms with Crippen molar-refractivity contribution in [3.05, 3.63) is 74.8 Å². The molecule has 8 nitrogen and oxygen atoms in total. The van der Waals surface area contributed by atoms with Crippen LogP contribution in [0.5, 0.6) is 0 Å². The van der Waals surface area contributed by atoms with Crippen molar-refractivity contribution in [2.24, 2.45) is 5.10 Å². The van der Waals surface area contributed by atoms with E-state index in [0.717, 1.165) is 16.8 Å². The zero-order valence-corrected chi connectivity index (χ0v) is 16.9. The number of nitro benzene ring substituents is 1. The van der Waals surface area contributed by atoms with Crippen molar-refractivity contribution in [1.82, 2.24) is 4.98 Å². The summed E-state index contributed by atoms with van der Waals surface area (Å²) in [5, 5.41) is 17.4. The molecule has 0 aliphatic heterocycles. The number of amides is 1. The fraction of sp³-hybridized carbons (Fsp3) is 0.150. The summed E-state index contributed by atoms with van der Waals surface area (Å²) in [6.07, 6.45) is 1.45. The molecule has 0 spiro atoms. The summed E-state index contributed by atoms with van der Waals surface area (Å²) >= 11 is 1.31. The Morgan fingerprint density at radius 3 is 2.69 bits per heavy atom. The predicted molar refractivity (Wildman–Crippen MR) is 115 cm³/mol. The summed E-state index contributed by atoms with van der Waals surface area (Å²) in [6, 6.07) is 12.0. The first kappa shape index (κ1) is 20.2. The zero-order chi connectivity index (χ0) is 21.0. The van der Waals surface area contributed by atoms with Gasteiger partial charge in [-0.25, -0.2) is 4.98 Å². The molecular weight excluding hydrogens is 390 g/mol. The molecular formula is C20H19N5O3S. The van der Waals surface area contributed by atoms with Crippen LogP contribution in [-0.4, -0.2) is 22.0 Å². The van der Waals surface area contributed by atoms with Gasteiger partial charge in [0, 0.05) is 18.4 Å². The summed E-state index contributed by atoms with van der Waals surface area (Å²) in [5.74, 6) is -0.149. The number of carbonyl (C=O) groups is 1. The number of rotatable bonds is 6. The van der Waals surface area contributed by atoms with Gasteiger partial charge in [-0.3, -0.25) is 25.2 Å². The van der Waals surface area contributed by atoms with E-state index >= 15 is 0 Å². The fourth-order valence-corrected chi connectivity index (χ4v) is 3.46. The van der Waals surface area contributed by atoms with Gasteiger partial charge in [-0.2, -0.15) is 5.10 Å². The molecule has 1 amide bonds. The monoisotopic (exact) mass is 409 g/mol. The van der Waals surface area contributed by atoms with Crippen LogP contribution in [0.25, 0.3) is 0 Å². The average Bonchev–Trinajstić information content (AvgIpc) is 3.13. The number of aryl methyl sites for hydroxylation is 2. The maximum Gasteiger partial charge on any atom is 0.294 e. The fourth-order valence-electron chi connectivity index (χ4n) is 2.63. The highest BCUT2D eigenvalue weighted by Gasteiger charge is 2.18. The highest BCUT2D eigenvalue weighted by molar-refractivity contribution is 7.14. The molecule has 0 bridgehead atoms. The molecule has 0 radical (unpaired) electrons. The van der Waals surface area contributed by atoms with E-state index in [0.29, 0.717) is 10.8 Å². The van der Waals surface area contributed by atoms with Gasteiger partial charge in [0.1, 0.15) is 5.69 Å². The molecule has 0 unspecified atom stereocenters. The van der Waals surface area contributed by atoms with Gasteiger partial charge in [0.15, 0.2) is 5.13 Å². The molecule has 29 heavy (non-hydrogen) atoms. The van der Waals surface area contributed by atoms with E-state index in [4.69, 9.17) is 0 Å². The van der Waals surface area contributed by atoms with E-state index in [1.165, 1.54) is 30.5 Å². The SMILES string of the molecule is CC(=O)N(c1ccc(C)c(C)c1)c1nc(/C=N\Nc2ccccc2[N+](=O)[O-])cs1. The lowest BCUT2D eigenvalue weighted by atomic mass is 10.1. The number of thiazole rings is 1. The quantitative estimate of drug-likeness (QED) is 0.358. The van der Waals surface area contributed by atoms with Crippen LogP contribution in [0.2, 0.25) is 0 Å². The molecule has 3 aromatic rings. The van der Waals surface area contributed by atoms with Gasteiger partial charge in [0.05, 0.1) is 22.5 Å². The number of aromatic nitrogens is 1. The van der Waals surface area contributed by atoms with Gasteiger partial charge in [0.2, 0.25) is 5.91 Å². The van der Waals surface area contributed by atoms with Crippen molar-refractivity contribution < 1.29 is 9.72 Å².